The lowest BCUT2D eigenvalue weighted by Crippen LogP contribution is -1.93. The zero-order valence-corrected chi connectivity index (χ0v) is 10.8. The summed E-state index contributed by atoms with van der Waals surface area (Å²) >= 11 is 1.51. The minimum Gasteiger partial charge on any atom is -0.493 e. The first-order valence-corrected chi connectivity index (χ1v) is 6.37. The van der Waals surface area contributed by atoms with Crippen LogP contribution in [0.4, 0.5) is 0 Å². The van der Waals surface area contributed by atoms with E-state index in [4.69, 9.17) is 4.74 Å². The molecule has 1 aromatic heterocycles. The number of para-hydroxylation sites is 1. The third-order valence-electron chi connectivity index (χ3n) is 2.45. The first-order chi connectivity index (χ1) is 8.26. The summed E-state index contributed by atoms with van der Waals surface area (Å²) in [7, 11) is 0. The highest BCUT2D eigenvalue weighted by atomic mass is 32.1. The monoisotopic (exact) mass is 249 g/mol. The molecule has 2 aromatic rings. The van der Waals surface area contributed by atoms with Crippen LogP contribution in [0.5, 0.6) is 5.75 Å². The number of aromatic nitrogens is 1. The third kappa shape index (κ3) is 2.48. The molecule has 0 bridgehead atoms. The zero-order chi connectivity index (χ0) is 12.3. The van der Waals surface area contributed by atoms with Crippen molar-refractivity contribution in [2.24, 2.45) is 0 Å². The molecule has 0 atom stereocenters. The van der Waals surface area contributed by atoms with Gasteiger partial charge >= 0.3 is 0 Å². The highest BCUT2D eigenvalue weighted by Crippen LogP contribution is 2.34. The second-order valence-electron chi connectivity index (χ2n) is 3.61. The second-order valence-corrected chi connectivity index (χ2v) is 4.70. The van der Waals surface area contributed by atoms with Gasteiger partial charge in [0.25, 0.3) is 0 Å². The number of hydrogen-bond acceptors (Lipinski definition) is 4. The molecule has 3 nitrogen and oxygen atoms in total. The van der Waals surface area contributed by atoms with Gasteiger partial charge < -0.3 is 9.84 Å². The van der Waals surface area contributed by atoms with E-state index in [1.165, 1.54) is 11.3 Å². The van der Waals surface area contributed by atoms with E-state index in [1.807, 2.05) is 38.1 Å². The maximum absolute atomic E-state index is 9.19. The minimum atomic E-state index is 0.0420. The highest BCUT2D eigenvalue weighted by Gasteiger charge is 2.12. The van der Waals surface area contributed by atoms with E-state index in [1.54, 1.807) is 0 Å². The zero-order valence-electron chi connectivity index (χ0n) is 9.93. The van der Waals surface area contributed by atoms with E-state index in [9.17, 15) is 5.11 Å². The van der Waals surface area contributed by atoms with Crippen molar-refractivity contribution in [3.63, 3.8) is 0 Å². The Kier molecular flexibility index (Phi) is 3.76. The Bertz CT molecular complexity index is 508. The summed E-state index contributed by atoms with van der Waals surface area (Å²) in [6.45, 7) is 4.55. The number of nitrogens with zero attached hydrogens (tertiary/aromatic N) is 1. The van der Waals surface area contributed by atoms with Gasteiger partial charge in [-0.1, -0.05) is 12.1 Å². The molecule has 17 heavy (non-hydrogen) atoms. The van der Waals surface area contributed by atoms with Gasteiger partial charge in [0.15, 0.2) is 0 Å². The van der Waals surface area contributed by atoms with Gasteiger partial charge in [-0.25, -0.2) is 4.98 Å². The molecule has 1 aromatic carbocycles. The van der Waals surface area contributed by atoms with Gasteiger partial charge in [-0.15, -0.1) is 11.3 Å². The standard InChI is InChI=1S/C13H15NO2S/c1-3-16-11-7-5-4-6-10(11)13-14-9(2)12(8-15)17-13/h4-7,15H,3,8H2,1-2H3. The van der Waals surface area contributed by atoms with Gasteiger partial charge in [0.2, 0.25) is 0 Å². The molecule has 1 heterocycles. The average Bonchev–Trinajstić information content (AvgIpc) is 2.71. The molecule has 2 rings (SSSR count). The highest BCUT2D eigenvalue weighted by molar-refractivity contribution is 7.15. The maximum Gasteiger partial charge on any atom is 0.129 e. The SMILES string of the molecule is CCOc1ccccc1-c1nc(C)c(CO)s1. The fraction of sp³-hybridized carbons (Fsp3) is 0.308. The van der Waals surface area contributed by atoms with E-state index in [-0.39, 0.29) is 6.61 Å². The second kappa shape index (κ2) is 5.29. The largest absolute Gasteiger partial charge is 0.493 e. The van der Waals surface area contributed by atoms with E-state index < -0.39 is 0 Å². The van der Waals surface area contributed by atoms with Crippen molar-refractivity contribution in [1.82, 2.24) is 4.98 Å². The summed E-state index contributed by atoms with van der Waals surface area (Å²) in [4.78, 5) is 5.38. The van der Waals surface area contributed by atoms with Gasteiger partial charge in [0, 0.05) is 0 Å². The van der Waals surface area contributed by atoms with Gasteiger partial charge in [-0.05, 0) is 26.0 Å². The van der Waals surface area contributed by atoms with Crippen LogP contribution in [0.15, 0.2) is 24.3 Å². The summed E-state index contributed by atoms with van der Waals surface area (Å²) in [6.07, 6.45) is 0. The molecule has 0 aliphatic heterocycles. The van der Waals surface area contributed by atoms with Crippen LogP contribution in [0.2, 0.25) is 0 Å². The first kappa shape index (κ1) is 12.1. The minimum absolute atomic E-state index is 0.0420. The van der Waals surface area contributed by atoms with Crippen LogP contribution in [0.25, 0.3) is 10.6 Å². The summed E-state index contributed by atoms with van der Waals surface area (Å²) < 4.78 is 5.58. The van der Waals surface area contributed by atoms with Crippen LogP contribution in [-0.2, 0) is 6.61 Å². The fourth-order valence-corrected chi connectivity index (χ4v) is 2.57. The van der Waals surface area contributed by atoms with Crippen LogP contribution in [0, 0.1) is 6.92 Å². The number of aliphatic hydroxyl groups excluding tert-OH is 1. The van der Waals surface area contributed by atoms with Crippen molar-refractivity contribution < 1.29 is 9.84 Å². The molecule has 0 saturated carbocycles. The van der Waals surface area contributed by atoms with Gasteiger partial charge in [-0.3, -0.25) is 0 Å². The molecule has 0 unspecified atom stereocenters. The molecule has 90 valence electrons. The van der Waals surface area contributed by atoms with Crippen LogP contribution in [0.1, 0.15) is 17.5 Å². The Morgan fingerprint density at radius 3 is 2.76 bits per heavy atom. The number of aliphatic hydroxyl groups is 1. The molecular weight excluding hydrogens is 234 g/mol. The number of rotatable bonds is 4. The quantitative estimate of drug-likeness (QED) is 0.905. The Labute approximate surface area is 105 Å². The molecule has 0 saturated heterocycles. The van der Waals surface area contributed by atoms with Crippen LogP contribution in [-0.4, -0.2) is 16.7 Å². The molecule has 4 heteroatoms. The number of benzene rings is 1. The summed E-state index contributed by atoms with van der Waals surface area (Å²) in [5.41, 5.74) is 1.88. The van der Waals surface area contributed by atoms with Gasteiger partial charge in [0.1, 0.15) is 10.8 Å². The molecule has 0 fully saturated rings. The number of ether oxygens (including phenoxy) is 1. The Morgan fingerprint density at radius 1 is 1.35 bits per heavy atom. The lowest BCUT2D eigenvalue weighted by atomic mass is 10.2. The fourth-order valence-electron chi connectivity index (χ4n) is 1.61. The van der Waals surface area contributed by atoms with Gasteiger partial charge in [-0.2, -0.15) is 0 Å². The summed E-state index contributed by atoms with van der Waals surface area (Å²) in [6, 6.07) is 7.84. The van der Waals surface area contributed by atoms with Crippen LogP contribution in [0.3, 0.4) is 0 Å². The summed E-state index contributed by atoms with van der Waals surface area (Å²) in [5, 5.41) is 10.1. The first-order valence-electron chi connectivity index (χ1n) is 5.55. The molecule has 0 spiro atoms. The Morgan fingerprint density at radius 2 is 2.12 bits per heavy atom. The van der Waals surface area contributed by atoms with Crippen LogP contribution < -0.4 is 4.74 Å². The topological polar surface area (TPSA) is 42.4 Å². The Balaban J connectivity index is 2.44. The van der Waals surface area contributed by atoms with E-state index >= 15 is 0 Å². The number of hydrogen-bond donors (Lipinski definition) is 1. The van der Waals surface area contributed by atoms with Crippen LogP contribution >= 0.6 is 11.3 Å². The van der Waals surface area contributed by atoms with Gasteiger partial charge in [0.05, 0.1) is 29.3 Å². The molecule has 0 aliphatic rings. The normalized spacial score (nSPS) is 10.5. The molecule has 0 amide bonds. The van der Waals surface area contributed by atoms with Crippen molar-refractivity contribution in [2.45, 2.75) is 20.5 Å². The third-order valence-corrected chi connectivity index (χ3v) is 3.63. The smallest absolute Gasteiger partial charge is 0.129 e. The Hall–Kier alpha value is -1.39. The maximum atomic E-state index is 9.19. The molecular formula is C13H15NO2S. The lowest BCUT2D eigenvalue weighted by Gasteiger charge is -2.07. The summed E-state index contributed by atoms with van der Waals surface area (Å²) in [5.74, 6) is 0.841. The van der Waals surface area contributed by atoms with Crippen molar-refractivity contribution in [3.05, 3.63) is 34.8 Å². The number of aryl methyl sites for hydroxylation is 1. The predicted octanol–water partition coefficient (Wildman–Crippen LogP) is 3.01. The molecule has 0 aliphatic carbocycles. The molecule has 0 radical (unpaired) electrons. The average molecular weight is 249 g/mol. The van der Waals surface area contributed by atoms with E-state index in [2.05, 4.69) is 4.98 Å². The van der Waals surface area contributed by atoms with Crippen molar-refractivity contribution in [3.8, 4) is 16.3 Å². The van der Waals surface area contributed by atoms with Crippen molar-refractivity contribution in [2.75, 3.05) is 6.61 Å². The van der Waals surface area contributed by atoms with E-state index in [0.29, 0.717) is 6.61 Å². The molecule has 1 N–H and O–H groups in total. The van der Waals surface area contributed by atoms with Crippen molar-refractivity contribution in [1.29, 1.82) is 0 Å². The van der Waals surface area contributed by atoms with Crippen molar-refractivity contribution >= 4 is 11.3 Å². The number of thiazole rings is 1. The van der Waals surface area contributed by atoms with E-state index in [0.717, 1.165) is 26.9 Å². The predicted molar refractivity (Wildman–Crippen MR) is 69.4 cm³/mol. The lowest BCUT2D eigenvalue weighted by molar-refractivity contribution is 0.284.